The number of rotatable bonds is 3. The zero-order chi connectivity index (χ0) is 16.7. The van der Waals surface area contributed by atoms with Gasteiger partial charge in [-0.05, 0) is 26.8 Å². The largest absolute Gasteiger partial charge is 0.369 e. The molecule has 4 rings (SSSR count). The lowest BCUT2D eigenvalue weighted by Gasteiger charge is -2.32. The summed E-state index contributed by atoms with van der Waals surface area (Å²) in [5.41, 5.74) is 4.35. The van der Waals surface area contributed by atoms with Crippen molar-refractivity contribution in [1.29, 1.82) is 0 Å². The summed E-state index contributed by atoms with van der Waals surface area (Å²) in [4.78, 5) is 17.1. The molecule has 3 aromatic rings. The maximum Gasteiger partial charge on any atom is 0.194 e. The van der Waals surface area contributed by atoms with Crippen molar-refractivity contribution in [2.24, 2.45) is 0 Å². The van der Waals surface area contributed by atoms with E-state index in [1.165, 1.54) is 5.69 Å². The molecule has 0 radical (unpaired) electrons. The molecule has 1 aliphatic heterocycles. The van der Waals surface area contributed by atoms with Gasteiger partial charge in [-0.3, -0.25) is 9.30 Å². The van der Waals surface area contributed by atoms with Crippen LogP contribution in [-0.2, 0) is 11.3 Å². The molecule has 0 aromatic carbocycles. The highest BCUT2D eigenvalue weighted by Gasteiger charge is 2.25. The maximum absolute atomic E-state index is 5.97. The van der Waals surface area contributed by atoms with Crippen molar-refractivity contribution in [3.63, 3.8) is 0 Å². The standard InChI is InChI=1S/C17H21N5OS/c1-11-8-14(20-13(3)18-11)16-10-21(4-6-23-16)9-15-12(2)19-17-22(15)5-7-24-17/h5,7-8,16H,4,6,9-10H2,1-3H3. The van der Waals surface area contributed by atoms with Crippen LogP contribution in [0.25, 0.3) is 4.96 Å². The first-order valence-corrected chi connectivity index (χ1v) is 9.05. The van der Waals surface area contributed by atoms with Gasteiger partial charge in [-0.2, -0.15) is 0 Å². The van der Waals surface area contributed by atoms with Crippen molar-refractivity contribution >= 4 is 16.3 Å². The zero-order valence-corrected chi connectivity index (χ0v) is 15.0. The van der Waals surface area contributed by atoms with E-state index in [9.17, 15) is 0 Å². The number of imidazole rings is 1. The lowest BCUT2D eigenvalue weighted by Crippen LogP contribution is -2.38. The maximum atomic E-state index is 5.97. The molecule has 1 saturated heterocycles. The second-order valence-electron chi connectivity index (χ2n) is 6.28. The fraction of sp³-hybridized carbons (Fsp3) is 0.471. The van der Waals surface area contributed by atoms with Crippen LogP contribution in [0.3, 0.4) is 0 Å². The minimum absolute atomic E-state index is 0.00495. The van der Waals surface area contributed by atoms with Crippen LogP contribution in [-0.4, -0.2) is 43.9 Å². The second kappa shape index (κ2) is 6.23. The predicted molar refractivity (Wildman–Crippen MR) is 93.3 cm³/mol. The SMILES string of the molecule is Cc1cc(C2CN(Cc3c(C)nc4sccn34)CCO2)nc(C)n1. The Hall–Kier alpha value is -1.83. The van der Waals surface area contributed by atoms with Gasteiger partial charge in [0.05, 0.1) is 23.7 Å². The molecule has 6 nitrogen and oxygen atoms in total. The van der Waals surface area contributed by atoms with Gasteiger partial charge >= 0.3 is 0 Å². The number of fused-ring (bicyclic) bond motifs is 1. The molecule has 126 valence electrons. The summed E-state index contributed by atoms with van der Waals surface area (Å²) in [7, 11) is 0. The van der Waals surface area contributed by atoms with E-state index in [1.807, 2.05) is 19.9 Å². The number of nitrogens with zero attached hydrogens (tertiary/aromatic N) is 5. The van der Waals surface area contributed by atoms with Gasteiger partial charge in [-0.1, -0.05) is 0 Å². The number of thiazole rings is 1. The van der Waals surface area contributed by atoms with Gasteiger partial charge in [0.2, 0.25) is 0 Å². The third kappa shape index (κ3) is 2.94. The molecule has 7 heteroatoms. The van der Waals surface area contributed by atoms with E-state index in [0.29, 0.717) is 0 Å². The molecule has 0 spiro atoms. The first-order valence-electron chi connectivity index (χ1n) is 8.17. The molecule has 0 N–H and O–H groups in total. The van der Waals surface area contributed by atoms with Crippen LogP contribution < -0.4 is 0 Å². The third-order valence-electron chi connectivity index (χ3n) is 4.40. The van der Waals surface area contributed by atoms with E-state index >= 15 is 0 Å². The van der Waals surface area contributed by atoms with E-state index in [1.54, 1.807) is 11.3 Å². The van der Waals surface area contributed by atoms with Crippen molar-refractivity contribution in [2.75, 3.05) is 19.7 Å². The summed E-state index contributed by atoms with van der Waals surface area (Å²) in [6.45, 7) is 9.39. The van der Waals surface area contributed by atoms with Crippen LogP contribution in [0, 0.1) is 20.8 Å². The fourth-order valence-corrected chi connectivity index (χ4v) is 4.06. The molecule has 0 aliphatic carbocycles. The average Bonchev–Trinajstić information content (AvgIpc) is 3.10. The van der Waals surface area contributed by atoms with Gasteiger partial charge in [0.25, 0.3) is 0 Å². The minimum Gasteiger partial charge on any atom is -0.369 e. The van der Waals surface area contributed by atoms with Gasteiger partial charge < -0.3 is 4.74 Å². The predicted octanol–water partition coefficient (Wildman–Crippen LogP) is 2.68. The van der Waals surface area contributed by atoms with Gasteiger partial charge in [-0.25, -0.2) is 15.0 Å². The normalized spacial score (nSPS) is 19.2. The van der Waals surface area contributed by atoms with Crippen LogP contribution in [0.4, 0.5) is 0 Å². The molecule has 1 aliphatic rings. The number of ether oxygens (including phenoxy) is 1. The highest BCUT2D eigenvalue weighted by molar-refractivity contribution is 7.15. The summed E-state index contributed by atoms with van der Waals surface area (Å²) >= 11 is 1.68. The third-order valence-corrected chi connectivity index (χ3v) is 5.16. The van der Waals surface area contributed by atoms with Crippen molar-refractivity contribution < 1.29 is 4.74 Å². The molecule has 0 saturated carbocycles. The number of morpholine rings is 1. The number of hydrogen-bond acceptors (Lipinski definition) is 6. The van der Waals surface area contributed by atoms with Crippen LogP contribution in [0.1, 0.15) is 34.7 Å². The van der Waals surface area contributed by atoms with Crippen LogP contribution >= 0.6 is 11.3 Å². The first-order chi connectivity index (χ1) is 11.6. The molecule has 4 heterocycles. The molecule has 0 amide bonds. The summed E-state index contributed by atoms with van der Waals surface area (Å²) in [6.07, 6.45) is 2.11. The van der Waals surface area contributed by atoms with Crippen LogP contribution in [0.15, 0.2) is 17.6 Å². The van der Waals surface area contributed by atoms with Crippen molar-refractivity contribution in [2.45, 2.75) is 33.4 Å². The minimum atomic E-state index is 0.00495. The fourth-order valence-electron chi connectivity index (χ4n) is 3.28. The smallest absolute Gasteiger partial charge is 0.194 e. The quantitative estimate of drug-likeness (QED) is 0.732. The first kappa shape index (κ1) is 15.7. The van der Waals surface area contributed by atoms with Gasteiger partial charge in [-0.15, -0.1) is 11.3 Å². The highest BCUT2D eigenvalue weighted by atomic mass is 32.1. The van der Waals surface area contributed by atoms with Gasteiger partial charge in [0.1, 0.15) is 11.9 Å². The van der Waals surface area contributed by atoms with E-state index in [4.69, 9.17) is 4.74 Å². The Morgan fingerprint density at radius 2 is 2.12 bits per heavy atom. The topological polar surface area (TPSA) is 55.6 Å². The molecular weight excluding hydrogens is 322 g/mol. The molecule has 3 aromatic heterocycles. The number of hydrogen-bond donors (Lipinski definition) is 0. The lowest BCUT2D eigenvalue weighted by atomic mass is 10.1. The average molecular weight is 343 g/mol. The van der Waals surface area contributed by atoms with Crippen LogP contribution in [0.5, 0.6) is 0 Å². The highest BCUT2D eigenvalue weighted by Crippen LogP contribution is 2.24. The summed E-state index contributed by atoms with van der Waals surface area (Å²) in [6, 6.07) is 2.03. The Morgan fingerprint density at radius 3 is 2.96 bits per heavy atom. The number of aryl methyl sites for hydroxylation is 3. The van der Waals surface area contributed by atoms with Crippen molar-refractivity contribution in [3.05, 3.63) is 46.2 Å². The van der Waals surface area contributed by atoms with Gasteiger partial charge in [0.15, 0.2) is 4.96 Å². The van der Waals surface area contributed by atoms with E-state index in [-0.39, 0.29) is 6.10 Å². The number of aromatic nitrogens is 4. The second-order valence-corrected chi connectivity index (χ2v) is 7.15. The van der Waals surface area contributed by atoms with E-state index in [0.717, 1.165) is 54.1 Å². The summed E-state index contributed by atoms with van der Waals surface area (Å²) < 4.78 is 8.17. The molecule has 1 unspecified atom stereocenters. The Balaban J connectivity index is 1.54. The Labute approximate surface area is 145 Å². The van der Waals surface area contributed by atoms with Crippen molar-refractivity contribution in [3.8, 4) is 0 Å². The summed E-state index contributed by atoms with van der Waals surface area (Å²) in [5.74, 6) is 0.803. The monoisotopic (exact) mass is 343 g/mol. The van der Waals surface area contributed by atoms with E-state index < -0.39 is 0 Å². The van der Waals surface area contributed by atoms with Gasteiger partial charge in [0, 0.05) is 36.9 Å². The molecule has 1 atom stereocenters. The lowest BCUT2D eigenvalue weighted by molar-refractivity contribution is -0.0356. The molecule has 0 bridgehead atoms. The van der Waals surface area contributed by atoms with E-state index in [2.05, 4.69) is 42.8 Å². The zero-order valence-electron chi connectivity index (χ0n) is 14.2. The summed E-state index contributed by atoms with van der Waals surface area (Å²) in [5, 5.41) is 2.08. The molecule has 1 fully saturated rings. The Kier molecular flexibility index (Phi) is 4.07. The Bertz CT molecular complexity index is 851. The Morgan fingerprint density at radius 1 is 1.25 bits per heavy atom. The van der Waals surface area contributed by atoms with Crippen molar-refractivity contribution in [1.82, 2.24) is 24.3 Å². The van der Waals surface area contributed by atoms with Crippen LogP contribution in [0.2, 0.25) is 0 Å². The molecular formula is C17H21N5OS. The molecule has 24 heavy (non-hydrogen) atoms.